The molecule has 0 aliphatic carbocycles. The van der Waals surface area contributed by atoms with Gasteiger partial charge in [-0.1, -0.05) is 29.8 Å². The number of para-hydroxylation sites is 1. The van der Waals surface area contributed by atoms with Crippen LogP contribution in [0.1, 0.15) is 22.9 Å². The summed E-state index contributed by atoms with van der Waals surface area (Å²) < 4.78 is 1.76. The second-order valence-corrected chi connectivity index (χ2v) is 5.68. The molecule has 5 nitrogen and oxygen atoms in total. The van der Waals surface area contributed by atoms with Crippen molar-refractivity contribution in [3.8, 4) is 0 Å². The zero-order valence-electron chi connectivity index (χ0n) is 11.9. The highest BCUT2D eigenvalue weighted by Crippen LogP contribution is 2.37. The van der Waals surface area contributed by atoms with Crippen molar-refractivity contribution < 1.29 is 9.90 Å². The molecule has 6 heteroatoms. The molecule has 1 atom stereocenters. The maximum absolute atomic E-state index is 11.4. The molecule has 1 aromatic heterocycles. The van der Waals surface area contributed by atoms with Crippen LogP contribution in [0.15, 0.2) is 24.3 Å². The van der Waals surface area contributed by atoms with E-state index in [1.165, 1.54) is 0 Å². The van der Waals surface area contributed by atoms with Crippen molar-refractivity contribution in [2.24, 2.45) is 7.05 Å². The summed E-state index contributed by atoms with van der Waals surface area (Å²) in [5.74, 6) is -1.29. The summed E-state index contributed by atoms with van der Waals surface area (Å²) in [5, 5.41) is 14.3. The Hall–Kier alpha value is -2.01. The van der Waals surface area contributed by atoms with Crippen LogP contribution in [0.4, 0.5) is 5.69 Å². The summed E-state index contributed by atoms with van der Waals surface area (Å²) >= 11 is 6.29. The highest BCUT2D eigenvalue weighted by molar-refractivity contribution is 6.31. The van der Waals surface area contributed by atoms with Gasteiger partial charge in [0.1, 0.15) is 5.92 Å². The highest BCUT2D eigenvalue weighted by Gasteiger charge is 2.33. The number of hydrogen-bond acceptors (Lipinski definition) is 3. The number of aliphatic carboxylic acids is 1. The van der Waals surface area contributed by atoms with Gasteiger partial charge in [0.2, 0.25) is 0 Å². The summed E-state index contributed by atoms with van der Waals surface area (Å²) in [6.07, 6.45) is 0. The molecule has 1 unspecified atom stereocenters. The van der Waals surface area contributed by atoms with Crippen LogP contribution in [0.25, 0.3) is 0 Å². The van der Waals surface area contributed by atoms with Crippen LogP contribution in [0.3, 0.4) is 0 Å². The minimum Gasteiger partial charge on any atom is -0.481 e. The predicted octanol–water partition coefficient (Wildman–Crippen LogP) is 2.57. The molecule has 0 saturated carbocycles. The molecule has 0 spiro atoms. The van der Waals surface area contributed by atoms with E-state index >= 15 is 0 Å². The number of halogens is 1. The third-order valence-electron chi connectivity index (χ3n) is 3.96. The molecule has 0 amide bonds. The van der Waals surface area contributed by atoms with Crippen LogP contribution >= 0.6 is 11.6 Å². The largest absolute Gasteiger partial charge is 0.481 e. The summed E-state index contributed by atoms with van der Waals surface area (Å²) in [7, 11) is 1.85. The van der Waals surface area contributed by atoms with Gasteiger partial charge in [-0.3, -0.25) is 9.48 Å². The van der Waals surface area contributed by atoms with Gasteiger partial charge in [0.15, 0.2) is 0 Å². The standard InChI is InChI=1S/C15H16ClN3O2/c1-9-14(16)13(18(2)17-9)8-19-7-11(15(20)21)10-5-3-4-6-12(10)19/h3-6,11H,7-8H2,1-2H3,(H,20,21). The maximum atomic E-state index is 11.4. The van der Waals surface area contributed by atoms with E-state index in [0.717, 1.165) is 22.6 Å². The lowest BCUT2D eigenvalue weighted by Gasteiger charge is -2.19. The van der Waals surface area contributed by atoms with Gasteiger partial charge in [-0.2, -0.15) is 5.10 Å². The average Bonchev–Trinajstić information content (AvgIpc) is 2.93. The van der Waals surface area contributed by atoms with Crippen molar-refractivity contribution >= 4 is 23.3 Å². The number of anilines is 1. The molecule has 1 aliphatic heterocycles. The van der Waals surface area contributed by atoms with E-state index in [-0.39, 0.29) is 0 Å². The molecule has 110 valence electrons. The lowest BCUT2D eigenvalue weighted by Crippen LogP contribution is -2.25. The number of nitrogens with zero attached hydrogens (tertiary/aromatic N) is 3. The van der Waals surface area contributed by atoms with Gasteiger partial charge >= 0.3 is 5.97 Å². The second-order valence-electron chi connectivity index (χ2n) is 5.30. The first kappa shape index (κ1) is 13.9. The van der Waals surface area contributed by atoms with E-state index in [1.807, 2.05) is 38.2 Å². The van der Waals surface area contributed by atoms with Crippen LogP contribution in [-0.2, 0) is 18.4 Å². The Morgan fingerprint density at radius 3 is 2.81 bits per heavy atom. The minimum absolute atomic E-state index is 0.454. The summed E-state index contributed by atoms with van der Waals surface area (Å²) in [6, 6.07) is 7.63. The number of aromatic nitrogens is 2. The summed E-state index contributed by atoms with van der Waals surface area (Å²) in [4.78, 5) is 13.5. The molecule has 3 rings (SSSR count). The van der Waals surface area contributed by atoms with Gasteiger partial charge in [0.05, 0.1) is 23.0 Å². The fourth-order valence-electron chi connectivity index (χ4n) is 2.88. The quantitative estimate of drug-likeness (QED) is 0.947. The fraction of sp³-hybridized carbons (Fsp3) is 0.333. The molecular weight excluding hydrogens is 290 g/mol. The van der Waals surface area contributed by atoms with E-state index < -0.39 is 11.9 Å². The first-order valence-corrected chi connectivity index (χ1v) is 7.11. The normalized spacial score (nSPS) is 17.1. The number of fused-ring (bicyclic) bond motifs is 1. The lowest BCUT2D eigenvalue weighted by molar-refractivity contribution is -0.138. The predicted molar refractivity (Wildman–Crippen MR) is 80.8 cm³/mol. The molecule has 0 fully saturated rings. The van der Waals surface area contributed by atoms with Crippen LogP contribution in [0.5, 0.6) is 0 Å². The van der Waals surface area contributed by atoms with Crippen molar-refractivity contribution in [2.45, 2.75) is 19.4 Å². The Bertz CT molecular complexity index is 711. The van der Waals surface area contributed by atoms with Gasteiger partial charge in [-0.15, -0.1) is 0 Å². The van der Waals surface area contributed by atoms with E-state index in [9.17, 15) is 9.90 Å². The Balaban J connectivity index is 1.96. The number of carboxylic acid groups (broad SMARTS) is 1. The van der Waals surface area contributed by atoms with Gasteiger partial charge in [-0.05, 0) is 18.6 Å². The number of rotatable bonds is 3. The Morgan fingerprint density at radius 1 is 1.48 bits per heavy atom. The van der Waals surface area contributed by atoms with E-state index in [0.29, 0.717) is 18.1 Å². The molecule has 21 heavy (non-hydrogen) atoms. The van der Waals surface area contributed by atoms with Crippen LogP contribution < -0.4 is 4.90 Å². The number of benzene rings is 1. The van der Waals surface area contributed by atoms with Crippen LogP contribution in [-0.4, -0.2) is 27.4 Å². The Labute approximate surface area is 127 Å². The number of aryl methyl sites for hydroxylation is 2. The molecule has 0 bridgehead atoms. The number of hydrogen-bond donors (Lipinski definition) is 1. The van der Waals surface area contributed by atoms with Gasteiger partial charge in [0.25, 0.3) is 0 Å². The van der Waals surface area contributed by atoms with Crippen molar-refractivity contribution in [1.82, 2.24) is 9.78 Å². The summed E-state index contributed by atoms with van der Waals surface area (Å²) in [6.45, 7) is 2.87. The zero-order chi connectivity index (χ0) is 15.1. The maximum Gasteiger partial charge on any atom is 0.312 e. The minimum atomic E-state index is -0.794. The smallest absolute Gasteiger partial charge is 0.312 e. The monoisotopic (exact) mass is 305 g/mol. The topological polar surface area (TPSA) is 58.4 Å². The van der Waals surface area contributed by atoms with Gasteiger partial charge in [-0.25, -0.2) is 0 Å². The number of carbonyl (C=O) groups is 1. The molecule has 2 aromatic rings. The molecule has 1 aliphatic rings. The molecule has 1 N–H and O–H groups in total. The van der Waals surface area contributed by atoms with Crippen LogP contribution in [0, 0.1) is 6.92 Å². The molecule has 0 radical (unpaired) electrons. The van der Waals surface area contributed by atoms with Crippen molar-refractivity contribution in [3.63, 3.8) is 0 Å². The Morgan fingerprint density at radius 2 is 2.19 bits per heavy atom. The fourth-order valence-corrected chi connectivity index (χ4v) is 3.10. The van der Waals surface area contributed by atoms with Crippen LogP contribution in [0.2, 0.25) is 5.02 Å². The third-order valence-corrected chi connectivity index (χ3v) is 4.45. The van der Waals surface area contributed by atoms with Crippen molar-refractivity contribution in [1.29, 1.82) is 0 Å². The highest BCUT2D eigenvalue weighted by atomic mass is 35.5. The van der Waals surface area contributed by atoms with Crippen molar-refractivity contribution in [2.75, 3.05) is 11.4 Å². The molecule has 2 heterocycles. The lowest BCUT2D eigenvalue weighted by atomic mass is 10.0. The average molecular weight is 306 g/mol. The molecule has 0 saturated heterocycles. The van der Waals surface area contributed by atoms with E-state index in [1.54, 1.807) is 4.68 Å². The van der Waals surface area contributed by atoms with Gasteiger partial charge in [0, 0.05) is 19.3 Å². The molecular formula is C15H16ClN3O2. The van der Waals surface area contributed by atoms with E-state index in [2.05, 4.69) is 10.00 Å². The second kappa shape index (κ2) is 5.07. The first-order valence-electron chi connectivity index (χ1n) is 6.73. The SMILES string of the molecule is Cc1nn(C)c(CN2CC(C(=O)O)c3ccccc32)c1Cl. The van der Waals surface area contributed by atoms with Gasteiger partial charge < -0.3 is 10.0 Å². The van der Waals surface area contributed by atoms with Crippen molar-refractivity contribution in [3.05, 3.63) is 46.2 Å². The zero-order valence-corrected chi connectivity index (χ0v) is 12.6. The Kier molecular flexibility index (Phi) is 3.37. The summed E-state index contributed by atoms with van der Waals surface area (Å²) in [5.41, 5.74) is 3.51. The van der Waals surface area contributed by atoms with E-state index in [4.69, 9.17) is 11.6 Å². The third kappa shape index (κ3) is 2.27. The molecule has 1 aromatic carbocycles. The number of carboxylic acids is 1. The first-order chi connectivity index (χ1) is 9.99.